The molecule has 0 spiro atoms. The van der Waals surface area contributed by atoms with E-state index < -0.39 is 0 Å². The summed E-state index contributed by atoms with van der Waals surface area (Å²) in [6.07, 6.45) is -0.318. The fourth-order valence-electron chi connectivity index (χ4n) is 1.75. The number of ether oxygens (including phenoxy) is 1. The van der Waals surface area contributed by atoms with Crippen LogP contribution in [-0.4, -0.2) is 30.1 Å². The van der Waals surface area contributed by atoms with Gasteiger partial charge in [-0.15, -0.1) is 0 Å². The standard InChI is InChI=1S/C12H14ClNO2/c1-9-12(15)14(6-7-16-9)8-10-2-4-11(13)5-3-10/h2-5,9H,6-8H2,1H3. The van der Waals surface area contributed by atoms with Crippen LogP contribution in [0.4, 0.5) is 0 Å². The number of halogens is 1. The second-order valence-electron chi connectivity index (χ2n) is 3.90. The summed E-state index contributed by atoms with van der Waals surface area (Å²) in [5.74, 6) is 0.0567. The van der Waals surface area contributed by atoms with Crippen molar-refractivity contribution in [3.63, 3.8) is 0 Å². The predicted molar refractivity (Wildman–Crippen MR) is 62.3 cm³/mol. The van der Waals surface area contributed by atoms with Gasteiger partial charge in [0.1, 0.15) is 6.10 Å². The molecule has 16 heavy (non-hydrogen) atoms. The van der Waals surface area contributed by atoms with E-state index in [1.54, 1.807) is 6.92 Å². The van der Waals surface area contributed by atoms with Crippen LogP contribution in [0.1, 0.15) is 12.5 Å². The molecule has 4 heteroatoms. The molecule has 2 rings (SSSR count). The molecule has 0 bridgehead atoms. The highest BCUT2D eigenvalue weighted by Gasteiger charge is 2.25. The Hall–Kier alpha value is -1.06. The first-order valence-electron chi connectivity index (χ1n) is 5.31. The Balaban J connectivity index is 2.03. The zero-order chi connectivity index (χ0) is 11.5. The SMILES string of the molecule is CC1OCCN(Cc2ccc(Cl)cc2)C1=O. The first-order chi connectivity index (χ1) is 7.66. The van der Waals surface area contributed by atoms with Gasteiger partial charge in [-0.3, -0.25) is 4.79 Å². The Morgan fingerprint density at radius 2 is 2.12 bits per heavy atom. The molecule has 0 aliphatic carbocycles. The molecule has 0 aromatic heterocycles. The fourth-order valence-corrected chi connectivity index (χ4v) is 1.87. The van der Waals surface area contributed by atoms with Crippen molar-refractivity contribution in [3.8, 4) is 0 Å². The Morgan fingerprint density at radius 3 is 2.81 bits per heavy atom. The molecule has 1 fully saturated rings. The van der Waals surface area contributed by atoms with Gasteiger partial charge in [-0.1, -0.05) is 23.7 Å². The molecular weight excluding hydrogens is 226 g/mol. The summed E-state index contributed by atoms with van der Waals surface area (Å²) >= 11 is 5.81. The lowest BCUT2D eigenvalue weighted by Crippen LogP contribution is -2.45. The van der Waals surface area contributed by atoms with E-state index in [0.717, 1.165) is 5.56 Å². The number of hydrogen-bond acceptors (Lipinski definition) is 2. The molecule has 0 radical (unpaired) electrons. The zero-order valence-corrected chi connectivity index (χ0v) is 9.91. The minimum Gasteiger partial charge on any atom is -0.367 e. The van der Waals surface area contributed by atoms with E-state index in [9.17, 15) is 4.79 Å². The normalized spacial score (nSPS) is 21.2. The van der Waals surface area contributed by atoms with Crippen LogP contribution in [0.25, 0.3) is 0 Å². The zero-order valence-electron chi connectivity index (χ0n) is 9.15. The Morgan fingerprint density at radius 1 is 1.44 bits per heavy atom. The van der Waals surface area contributed by atoms with E-state index in [1.165, 1.54) is 0 Å². The second kappa shape index (κ2) is 4.85. The molecule has 1 heterocycles. The van der Waals surface area contributed by atoms with E-state index >= 15 is 0 Å². The lowest BCUT2D eigenvalue weighted by molar-refractivity contribution is -0.152. The molecule has 1 saturated heterocycles. The quantitative estimate of drug-likeness (QED) is 0.791. The largest absolute Gasteiger partial charge is 0.367 e. The van der Waals surface area contributed by atoms with Gasteiger partial charge in [0.25, 0.3) is 5.91 Å². The van der Waals surface area contributed by atoms with E-state index in [1.807, 2.05) is 29.2 Å². The summed E-state index contributed by atoms with van der Waals surface area (Å²) in [6.45, 7) is 3.69. The summed E-state index contributed by atoms with van der Waals surface area (Å²) in [5.41, 5.74) is 1.09. The average Bonchev–Trinajstić information content (AvgIpc) is 2.28. The van der Waals surface area contributed by atoms with E-state index in [4.69, 9.17) is 16.3 Å². The van der Waals surface area contributed by atoms with Crippen molar-refractivity contribution in [2.24, 2.45) is 0 Å². The highest BCUT2D eigenvalue weighted by molar-refractivity contribution is 6.30. The lowest BCUT2D eigenvalue weighted by Gasteiger charge is -2.30. The number of amides is 1. The fraction of sp³-hybridized carbons (Fsp3) is 0.417. The third-order valence-electron chi connectivity index (χ3n) is 2.68. The van der Waals surface area contributed by atoms with Crippen LogP contribution in [0.2, 0.25) is 5.02 Å². The first-order valence-corrected chi connectivity index (χ1v) is 5.69. The number of rotatable bonds is 2. The summed E-state index contributed by atoms with van der Waals surface area (Å²) in [4.78, 5) is 13.6. The molecule has 3 nitrogen and oxygen atoms in total. The number of benzene rings is 1. The molecule has 1 aliphatic heterocycles. The second-order valence-corrected chi connectivity index (χ2v) is 4.34. The van der Waals surface area contributed by atoms with E-state index in [-0.39, 0.29) is 12.0 Å². The van der Waals surface area contributed by atoms with Crippen LogP contribution in [0.15, 0.2) is 24.3 Å². The lowest BCUT2D eigenvalue weighted by atomic mass is 10.2. The maximum atomic E-state index is 11.8. The minimum absolute atomic E-state index is 0.0567. The summed E-state index contributed by atoms with van der Waals surface area (Å²) < 4.78 is 5.26. The molecule has 1 amide bonds. The highest BCUT2D eigenvalue weighted by Crippen LogP contribution is 2.14. The maximum Gasteiger partial charge on any atom is 0.251 e. The average molecular weight is 240 g/mol. The molecule has 0 N–H and O–H groups in total. The summed E-state index contributed by atoms with van der Waals surface area (Å²) in [7, 11) is 0. The van der Waals surface area contributed by atoms with Crippen LogP contribution < -0.4 is 0 Å². The van der Waals surface area contributed by atoms with Gasteiger partial charge >= 0.3 is 0 Å². The number of carbonyl (C=O) groups excluding carboxylic acids is 1. The molecule has 1 unspecified atom stereocenters. The molecule has 86 valence electrons. The van der Waals surface area contributed by atoms with Crippen LogP contribution >= 0.6 is 11.6 Å². The van der Waals surface area contributed by atoms with E-state index in [0.29, 0.717) is 24.7 Å². The number of hydrogen-bond donors (Lipinski definition) is 0. The van der Waals surface area contributed by atoms with Crippen molar-refractivity contribution in [1.29, 1.82) is 0 Å². The van der Waals surface area contributed by atoms with Gasteiger partial charge in [-0.05, 0) is 24.6 Å². The summed E-state index contributed by atoms with van der Waals surface area (Å²) in [5, 5.41) is 0.713. The highest BCUT2D eigenvalue weighted by atomic mass is 35.5. The Kier molecular flexibility index (Phi) is 3.46. The summed E-state index contributed by atoms with van der Waals surface area (Å²) in [6, 6.07) is 7.56. The Bertz CT molecular complexity index is 377. The van der Waals surface area contributed by atoms with Crippen molar-refractivity contribution in [2.75, 3.05) is 13.2 Å². The van der Waals surface area contributed by atoms with Gasteiger partial charge < -0.3 is 9.64 Å². The van der Waals surface area contributed by atoms with Crippen LogP contribution in [-0.2, 0) is 16.1 Å². The molecule has 0 saturated carbocycles. The minimum atomic E-state index is -0.318. The maximum absolute atomic E-state index is 11.8. The smallest absolute Gasteiger partial charge is 0.251 e. The van der Waals surface area contributed by atoms with Crippen molar-refractivity contribution in [3.05, 3.63) is 34.9 Å². The molecule has 1 aromatic rings. The van der Waals surface area contributed by atoms with Crippen molar-refractivity contribution < 1.29 is 9.53 Å². The van der Waals surface area contributed by atoms with Gasteiger partial charge in [0.2, 0.25) is 0 Å². The third kappa shape index (κ3) is 2.54. The topological polar surface area (TPSA) is 29.5 Å². The van der Waals surface area contributed by atoms with Crippen LogP contribution in [0.5, 0.6) is 0 Å². The van der Waals surface area contributed by atoms with Crippen molar-refractivity contribution in [2.45, 2.75) is 19.6 Å². The van der Waals surface area contributed by atoms with Crippen molar-refractivity contribution in [1.82, 2.24) is 4.90 Å². The monoisotopic (exact) mass is 239 g/mol. The molecule has 1 atom stereocenters. The number of morpholine rings is 1. The third-order valence-corrected chi connectivity index (χ3v) is 2.93. The first kappa shape index (κ1) is 11.4. The van der Waals surface area contributed by atoms with Crippen LogP contribution in [0, 0.1) is 0 Å². The number of carbonyl (C=O) groups is 1. The molecule has 1 aliphatic rings. The van der Waals surface area contributed by atoms with Gasteiger partial charge in [0.15, 0.2) is 0 Å². The van der Waals surface area contributed by atoms with E-state index in [2.05, 4.69) is 0 Å². The molecular formula is C12H14ClNO2. The van der Waals surface area contributed by atoms with Gasteiger partial charge in [0, 0.05) is 18.1 Å². The van der Waals surface area contributed by atoms with Crippen LogP contribution in [0.3, 0.4) is 0 Å². The molecule has 1 aromatic carbocycles. The van der Waals surface area contributed by atoms with Crippen molar-refractivity contribution >= 4 is 17.5 Å². The predicted octanol–water partition coefficient (Wildman–Crippen LogP) is 2.09. The number of nitrogens with zero attached hydrogens (tertiary/aromatic N) is 1. The van der Waals surface area contributed by atoms with Gasteiger partial charge in [-0.2, -0.15) is 0 Å². The van der Waals surface area contributed by atoms with Gasteiger partial charge in [-0.25, -0.2) is 0 Å². The van der Waals surface area contributed by atoms with Gasteiger partial charge in [0.05, 0.1) is 6.61 Å². The Labute approximate surface area is 100.0 Å².